The maximum Gasteiger partial charge on any atom is 0.173 e. The van der Waals surface area contributed by atoms with Crippen molar-refractivity contribution < 1.29 is 14.7 Å². The van der Waals surface area contributed by atoms with Crippen molar-refractivity contribution in [1.82, 2.24) is 5.32 Å². The van der Waals surface area contributed by atoms with Crippen LogP contribution in [-0.4, -0.2) is 37.9 Å². The number of rotatable bonds is 7. The summed E-state index contributed by atoms with van der Waals surface area (Å²) in [6.45, 7) is 3.39. The third-order valence-corrected chi connectivity index (χ3v) is 2.72. The predicted molar refractivity (Wildman–Crippen MR) is 73.7 cm³/mol. The molecular weight excluding hydrogens is 246 g/mol. The molecule has 1 aromatic carbocycles. The van der Waals surface area contributed by atoms with Gasteiger partial charge in [0.05, 0.1) is 19.3 Å². The zero-order chi connectivity index (χ0) is 14.3. The highest BCUT2D eigenvalue weighted by Gasteiger charge is 2.09. The number of nitrogens with zero attached hydrogens (tertiary/aromatic N) is 1. The summed E-state index contributed by atoms with van der Waals surface area (Å²) >= 11 is 0. The van der Waals surface area contributed by atoms with Crippen molar-refractivity contribution in [3.8, 4) is 5.75 Å². The molecular formula is C13H21N3O3. The van der Waals surface area contributed by atoms with Crippen molar-refractivity contribution in [3.05, 3.63) is 29.3 Å². The van der Waals surface area contributed by atoms with Gasteiger partial charge in [0.25, 0.3) is 0 Å². The Morgan fingerprint density at radius 1 is 1.47 bits per heavy atom. The lowest BCUT2D eigenvalue weighted by Crippen LogP contribution is -2.29. The number of benzene rings is 1. The molecule has 6 nitrogen and oxygen atoms in total. The third kappa shape index (κ3) is 4.42. The Hall–Kier alpha value is -1.79. The molecule has 1 unspecified atom stereocenters. The van der Waals surface area contributed by atoms with E-state index in [4.69, 9.17) is 20.4 Å². The molecule has 0 bridgehead atoms. The van der Waals surface area contributed by atoms with E-state index < -0.39 is 0 Å². The molecule has 4 N–H and O–H groups in total. The lowest BCUT2D eigenvalue weighted by atomic mass is 10.1. The van der Waals surface area contributed by atoms with Crippen molar-refractivity contribution in [3.63, 3.8) is 0 Å². The standard InChI is InChI=1S/C13H21N3O3/c1-9(8-18-2)15-7-10-4-5-11(13(14)16-17)12(6-10)19-3/h4-6,9,15,17H,7-8H2,1-3H3,(H2,14,16). The molecule has 0 saturated carbocycles. The Morgan fingerprint density at radius 3 is 2.79 bits per heavy atom. The van der Waals surface area contributed by atoms with Gasteiger partial charge < -0.3 is 25.7 Å². The van der Waals surface area contributed by atoms with E-state index in [2.05, 4.69) is 10.5 Å². The van der Waals surface area contributed by atoms with Crippen LogP contribution >= 0.6 is 0 Å². The van der Waals surface area contributed by atoms with E-state index in [9.17, 15) is 0 Å². The summed E-state index contributed by atoms with van der Waals surface area (Å²) in [6.07, 6.45) is 0. The summed E-state index contributed by atoms with van der Waals surface area (Å²) in [5.41, 5.74) is 7.19. The highest BCUT2D eigenvalue weighted by molar-refractivity contribution is 5.99. The molecule has 0 aliphatic carbocycles. The van der Waals surface area contributed by atoms with Crippen LogP contribution in [0.15, 0.2) is 23.4 Å². The molecule has 0 aromatic heterocycles. The molecule has 0 radical (unpaired) electrons. The molecule has 1 rings (SSSR count). The number of nitrogens with one attached hydrogen (secondary N) is 1. The number of hydrogen-bond acceptors (Lipinski definition) is 5. The van der Waals surface area contributed by atoms with Crippen LogP contribution in [0.5, 0.6) is 5.75 Å². The average molecular weight is 267 g/mol. The second-order valence-electron chi connectivity index (χ2n) is 4.26. The van der Waals surface area contributed by atoms with Crippen LogP contribution in [0.4, 0.5) is 0 Å². The monoisotopic (exact) mass is 267 g/mol. The molecule has 0 heterocycles. The van der Waals surface area contributed by atoms with Gasteiger partial charge in [-0.05, 0) is 24.6 Å². The van der Waals surface area contributed by atoms with E-state index in [1.165, 1.54) is 0 Å². The summed E-state index contributed by atoms with van der Waals surface area (Å²) in [6, 6.07) is 5.80. The van der Waals surface area contributed by atoms with Gasteiger partial charge in [0.2, 0.25) is 0 Å². The summed E-state index contributed by atoms with van der Waals surface area (Å²) in [4.78, 5) is 0. The maximum absolute atomic E-state index is 8.69. The highest BCUT2D eigenvalue weighted by Crippen LogP contribution is 2.20. The van der Waals surface area contributed by atoms with Gasteiger partial charge in [-0.15, -0.1) is 0 Å². The molecule has 0 fully saturated rings. The Balaban J connectivity index is 2.77. The molecule has 106 valence electrons. The van der Waals surface area contributed by atoms with Crippen molar-refractivity contribution in [2.75, 3.05) is 20.8 Å². The second-order valence-corrected chi connectivity index (χ2v) is 4.26. The minimum absolute atomic E-state index is 0.0316. The first-order valence-electron chi connectivity index (χ1n) is 5.99. The largest absolute Gasteiger partial charge is 0.496 e. The van der Waals surface area contributed by atoms with Crippen molar-refractivity contribution >= 4 is 5.84 Å². The summed E-state index contributed by atoms with van der Waals surface area (Å²) in [5.74, 6) is 0.609. The molecule has 0 amide bonds. The van der Waals surface area contributed by atoms with Gasteiger partial charge in [-0.25, -0.2) is 0 Å². The minimum atomic E-state index is 0.0316. The fourth-order valence-corrected chi connectivity index (χ4v) is 1.71. The first-order chi connectivity index (χ1) is 9.12. The molecule has 19 heavy (non-hydrogen) atoms. The summed E-state index contributed by atoms with van der Waals surface area (Å²) in [5, 5.41) is 15.0. The van der Waals surface area contributed by atoms with E-state index in [1.54, 1.807) is 20.3 Å². The van der Waals surface area contributed by atoms with Crippen LogP contribution in [0.25, 0.3) is 0 Å². The topological polar surface area (TPSA) is 89.1 Å². The van der Waals surface area contributed by atoms with E-state index in [1.807, 2.05) is 19.1 Å². The Kier molecular flexibility index (Phi) is 6.11. The van der Waals surface area contributed by atoms with Crippen molar-refractivity contribution in [2.45, 2.75) is 19.5 Å². The van der Waals surface area contributed by atoms with Gasteiger partial charge in [-0.2, -0.15) is 0 Å². The number of amidine groups is 1. The van der Waals surface area contributed by atoms with Crippen molar-refractivity contribution in [1.29, 1.82) is 0 Å². The Labute approximate surface area is 113 Å². The van der Waals surface area contributed by atoms with E-state index >= 15 is 0 Å². The maximum atomic E-state index is 8.69. The molecule has 0 aliphatic heterocycles. The van der Waals surface area contributed by atoms with Gasteiger partial charge in [-0.1, -0.05) is 11.2 Å². The van der Waals surface area contributed by atoms with Crippen LogP contribution in [-0.2, 0) is 11.3 Å². The van der Waals surface area contributed by atoms with Crippen LogP contribution in [0.1, 0.15) is 18.1 Å². The highest BCUT2D eigenvalue weighted by atomic mass is 16.5. The fraction of sp³-hybridized carbons (Fsp3) is 0.462. The number of methoxy groups -OCH3 is 2. The Bertz CT molecular complexity index is 435. The quantitative estimate of drug-likeness (QED) is 0.296. The third-order valence-electron chi connectivity index (χ3n) is 2.72. The second kappa shape index (κ2) is 7.60. The molecule has 6 heteroatoms. The molecule has 1 aromatic rings. The summed E-state index contributed by atoms with van der Waals surface area (Å²) in [7, 11) is 3.22. The molecule has 1 atom stereocenters. The first-order valence-corrected chi connectivity index (χ1v) is 5.99. The minimum Gasteiger partial charge on any atom is -0.496 e. The van der Waals surface area contributed by atoms with E-state index in [0.29, 0.717) is 24.5 Å². The number of nitrogens with two attached hydrogens (primary N) is 1. The van der Waals surface area contributed by atoms with Gasteiger partial charge >= 0.3 is 0 Å². The van der Waals surface area contributed by atoms with Crippen molar-refractivity contribution in [2.24, 2.45) is 10.9 Å². The Morgan fingerprint density at radius 2 is 2.21 bits per heavy atom. The van der Waals surface area contributed by atoms with Gasteiger partial charge in [0, 0.05) is 19.7 Å². The normalized spacial score (nSPS) is 13.3. The lowest BCUT2D eigenvalue weighted by Gasteiger charge is -2.14. The lowest BCUT2D eigenvalue weighted by molar-refractivity contribution is 0.171. The van der Waals surface area contributed by atoms with Gasteiger partial charge in [0.1, 0.15) is 5.75 Å². The van der Waals surface area contributed by atoms with Gasteiger partial charge in [-0.3, -0.25) is 0 Å². The number of oxime groups is 1. The zero-order valence-electron chi connectivity index (χ0n) is 11.5. The fourth-order valence-electron chi connectivity index (χ4n) is 1.71. The SMILES string of the molecule is COCC(C)NCc1ccc(/C(N)=N/O)c(OC)c1. The van der Waals surface area contributed by atoms with Crippen LogP contribution < -0.4 is 15.8 Å². The van der Waals surface area contributed by atoms with Crippen LogP contribution in [0.2, 0.25) is 0 Å². The smallest absolute Gasteiger partial charge is 0.173 e. The van der Waals surface area contributed by atoms with E-state index in [-0.39, 0.29) is 11.9 Å². The molecule has 0 saturated heterocycles. The number of ether oxygens (including phenoxy) is 2. The zero-order valence-corrected chi connectivity index (χ0v) is 11.5. The van der Waals surface area contributed by atoms with Crippen LogP contribution in [0, 0.1) is 0 Å². The number of hydrogen-bond donors (Lipinski definition) is 3. The molecule has 0 spiro atoms. The average Bonchev–Trinajstić information content (AvgIpc) is 2.44. The first kappa shape index (κ1) is 15.3. The van der Waals surface area contributed by atoms with E-state index in [0.717, 1.165) is 5.56 Å². The van der Waals surface area contributed by atoms with Crippen LogP contribution in [0.3, 0.4) is 0 Å². The predicted octanol–water partition coefficient (Wildman–Crippen LogP) is 0.914. The summed E-state index contributed by atoms with van der Waals surface area (Å²) < 4.78 is 10.3. The molecule has 0 aliphatic rings. The van der Waals surface area contributed by atoms with Gasteiger partial charge in [0.15, 0.2) is 5.84 Å².